The fraction of sp³-hybridized carbons (Fsp3) is 0.0588. The summed E-state index contributed by atoms with van der Waals surface area (Å²) in [6, 6.07) is 7.16. The molecule has 0 aliphatic carbocycles. The van der Waals surface area contributed by atoms with E-state index < -0.39 is 18.0 Å². The van der Waals surface area contributed by atoms with Crippen molar-refractivity contribution in [3.8, 4) is 17.2 Å². The van der Waals surface area contributed by atoms with E-state index >= 15 is 0 Å². The summed E-state index contributed by atoms with van der Waals surface area (Å²) in [4.78, 5) is 23.1. The van der Waals surface area contributed by atoms with Crippen LogP contribution in [0.4, 0.5) is 0 Å². The Balaban J connectivity index is 1.96. The summed E-state index contributed by atoms with van der Waals surface area (Å²) in [5.74, 6) is -0.916. The molecular formula is C17H9Cl3O6. The van der Waals surface area contributed by atoms with Gasteiger partial charge >= 0.3 is 5.97 Å². The molecule has 0 bridgehead atoms. The molecule has 9 heteroatoms. The van der Waals surface area contributed by atoms with Gasteiger partial charge in [-0.2, -0.15) is 0 Å². The second-order valence-electron chi connectivity index (χ2n) is 5.07. The van der Waals surface area contributed by atoms with Gasteiger partial charge in [-0.05, 0) is 24.3 Å². The fourth-order valence-electron chi connectivity index (χ4n) is 2.13. The zero-order chi connectivity index (χ0) is 18.8. The maximum Gasteiger partial charge on any atom is 0.341 e. The third-order valence-electron chi connectivity index (χ3n) is 3.25. The van der Waals surface area contributed by atoms with Crippen molar-refractivity contribution in [3.63, 3.8) is 0 Å². The van der Waals surface area contributed by atoms with E-state index in [0.717, 1.165) is 6.26 Å². The van der Waals surface area contributed by atoms with Crippen molar-refractivity contribution in [2.45, 2.75) is 0 Å². The summed E-state index contributed by atoms with van der Waals surface area (Å²) < 4.78 is 15.9. The van der Waals surface area contributed by atoms with Gasteiger partial charge in [0, 0.05) is 11.1 Å². The van der Waals surface area contributed by atoms with Crippen LogP contribution in [0.3, 0.4) is 0 Å². The lowest BCUT2D eigenvalue weighted by Crippen LogP contribution is -2.10. The van der Waals surface area contributed by atoms with Crippen LogP contribution in [0.1, 0.15) is 0 Å². The molecule has 0 aliphatic rings. The molecular weight excluding hydrogens is 407 g/mol. The highest BCUT2D eigenvalue weighted by molar-refractivity contribution is 6.40. The number of ether oxygens (including phenoxy) is 2. The van der Waals surface area contributed by atoms with Gasteiger partial charge in [-0.25, -0.2) is 4.79 Å². The number of benzene rings is 2. The van der Waals surface area contributed by atoms with Gasteiger partial charge in [0.05, 0.1) is 15.4 Å². The Hall–Kier alpha value is -2.41. The lowest BCUT2D eigenvalue weighted by Gasteiger charge is -2.10. The van der Waals surface area contributed by atoms with Crippen LogP contribution < -0.4 is 14.9 Å². The van der Waals surface area contributed by atoms with Gasteiger partial charge in [-0.1, -0.05) is 34.8 Å². The van der Waals surface area contributed by atoms with Gasteiger partial charge in [0.1, 0.15) is 17.6 Å². The molecule has 0 saturated heterocycles. The van der Waals surface area contributed by atoms with E-state index in [1.54, 1.807) is 0 Å². The summed E-state index contributed by atoms with van der Waals surface area (Å²) in [6.07, 6.45) is 1.10. The molecule has 6 nitrogen and oxygen atoms in total. The second kappa shape index (κ2) is 7.45. The SMILES string of the molecule is O=C(O)COc1ccc2c(=O)c(Oc3c(Cl)cc(Cl)cc3Cl)coc2c1. The molecule has 0 amide bonds. The molecule has 1 heterocycles. The number of hydrogen-bond donors (Lipinski definition) is 1. The van der Waals surface area contributed by atoms with Crippen molar-refractivity contribution >= 4 is 51.7 Å². The van der Waals surface area contributed by atoms with E-state index in [1.165, 1.54) is 30.3 Å². The summed E-state index contributed by atoms with van der Waals surface area (Å²) >= 11 is 17.9. The highest BCUT2D eigenvalue weighted by atomic mass is 35.5. The molecule has 0 fully saturated rings. The van der Waals surface area contributed by atoms with E-state index in [9.17, 15) is 9.59 Å². The first-order valence-electron chi connectivity index (χ1n) is 7.07. The Kier molecular flexibility index (Phi) is 5.27. The topological polar surface area (TPSA) is 86.0 Å². The largest absolute Gasteiger partial charge is 0.482 e. The molecule has 1 aromatic heterocycles. The summed E-state index contributed by atoms with van der Waals surface area (Å²) in [5, 5.41) is 9.44. The minimum absolute atomic E-state index is 0.0748. The van der Waals surface area contributed by atoms with Crippen molar-refractivity contribution in [2.75, 3.05) is 6.61 Å². The van der Waals surface area contributed by atoms with E-state index in [4.69, 9.17) is 53.8 Å². The zero-order valence-electron chi connectivity index (χ0n) is 12.8. The molecule has 0 aliphatic heterocycles. The number of carbonyl (C=O) groups is 1. The predicted molar refractivity (Wildman–Crippen MR) is 97.2 cm³/mol. The van der Waals surface area contributed by atoms with E-state index in [0.29, 0.717) is 5.02 Å². The molecule has 3 aromatic rings. The van der Waals surface area contributed by atoms with Crippen LogP contribution in [0.5, 0.6) is 17.2 Å². The van der Waals surface area contributed by atoms with Crippen LogP contribution in [0.2, 0.25) is 15.1 Å². The molecule has 26 heavy (non-hydrogen) atoms. The standard InChI is InChI=1S/C17H9Cl3O6/c18-8-3-11(19)17(12(20)4-8)26-14-6-25-13-5-9(24-7-15(21)22)1-2-10(13)16(14)23/h1-6H,7H2,(H,21,22). The molecule has 2 aromatic carbocycles. The summed E-state index contributed by atoms with van der Waals surface area (Å²) in [5.41, 5.74) is -0.253. The van der Waals surface area contributed by atoms with Crippen LogP contribution >= 0.6 is 34.8 Å². The van der Waals surface area contributed by atoms with Gasteiger partial charge in [0.2, 0.25) is 11.2 Å². The molecule has 0 saturated carbocycles. The number of fused-ring (bicyclic) bond motifs is 1. The smallest absolute Gasteiger partial charge is 0.341 e. The van der Waals surface area contributed by atoms with Crippen molar-refractivity contribution in [1.29, 1.82) is 0 Å². The van der Waals surface area contributed by atoms with Crippen LogP contribution in [0, 0.1) is 0 Å². The van der Waals surface area contributed by atoms with Crippen LogP contribution in [0.15, 0.2) is 45.8 Å². The number of aliphatic carboxylic acids is 1. The maximum atomic E-state index is 12.6. The lowest BCUT2D eigenvalue weighted by atomic mass is 10.2. The first kappa shape index (κ1) is 18.4. The average Bonchev–Trinajstić information content (AvgIpc) is 2.58. The van der Waals surface area contributed by atoms with Crippen molar-refractivity contribution in [3.05, 3.63) is 61.9 Å². The van der Waals surface area contributed by atoms with E-state index in [-0.39, 0.29) is 38.3 Å². The Labute approximate surface area is 161 Å². The monoisotopic (exact) mass is 414 g/mol. The lowest BCUT2D eigenvalue weighted by molar-refractivity contribution is -0.139. The number of halogens is 3. The first-order valence-corrected chi connectivity index (χ1v) is 8.21. The second-order valence-corrected chi connectivity index (χ2v) is 6.32. The zero-order valence-corrected chi connectivity index (χ0v) is 15.1. The molecule has 134 valence electrons. The quantitative estimate of drug-likeness (QED) is 0.630. The van der Waals surface area contributed by atoms with Crippen LogP contribution in [-0.2, 0) is 4.79 Å². The molecule has 0 radical (unpaired) electrons. The summed E-state index contributed by atoms with van der Waals surface area (Å²) in [7, 11) is 0. The van der Waals surface area contributed by atoms with Crippen LogP contribution in [-0.4, -0.2) is 17.7 Å². The maximum absolute atomic E-state index is 12.6. The number of carboxylic acid groups (broad SMARTS) is 1. The van der Waals surface area contributed by atoms with E-state index in [2.05, 4.69) is 0 Å². The van der Waals surface area contributed by atoms with Gasteiger partial charge in [0.25, 0.3) is 0 Å². The van der Waals surface area contributed by atoms with Crippen molar-refractivity contribution in [1.82, 2.24) is 0 Å². The van der Waals surface area contributed by atoms with Crippen LogP contribution in [0.25, 0.3) is 11.0 Å². The Bertz CT molecular complexity index is 1040. The minimum atomic E-state index is -1.12. The molecule has 0 unspecified atom stereocenters. The van der Waals surface area contributed by atoms with E-state index in [1.807, 2.05) is 0 Å². The third-order valence-corrected chi connectivity index (χ3v) is 4.03. The van der Waals surface area contributed by atoms with Gasteiger partial charge in [-0.15, -0.1) is 0 Å². The van der Waals surface area contributed by atoms with Crippen molar-refractivity contribution in [2.24, 2.45) is 0 Å². The average molecular weight is 416 g/mol. The van der Waals surface area contributed by atoms with Gasteiger partial charge in [-0.3, -0.25) is 4.79 Å². The Morgan fingerprint density at radius 3 is 2.46 bits per heavy atom. The van der Waals surface area contributed by atoms with Crippen molar-refractivity contribution < 1.29 is 23.8 Å². The molecule has 3 rings (SSSR count). The predicted octanol–water partition coefficient (Wildman–Crippen LogP) is 5.01. The fourth-order valence-corrected chi connectivity index (χ4v) is 3.03. The van der Waals surface area contributed by atoms with Gasteiger partial charge in [0.15, 0.2) is 12.4 Å². The normalized spacial score (nSPS) is 10.7. The summed E-state index contributed by atoms with van der Waals surface area (Å²) in [6.45, 7) is -0.509. The number of rotatable bonds is 5. The Morgan fingerprint density at radius 1 is 1.12 bits per heavy atom. The third kappa shape index (κ3) is 3.88. The molecule has 0 atom stereocenters. The number of carboxylic acids is 1. The first-order chi connectivity index (χ1) is 12.3. The van der Waals surface area contributed by atoms with Gasteiger partial charge < -0.3 is 19.0 Å². The highest BCUT2D eigenvalue weighted by Crippen LogP contribution is 2.38. The number of hydrogen-bond acceptors (Lipinski definition) is 5. The minimum Gasteiger partial charge on any atom is -0.482 e. The molecule has 1 N–H and O–H groups in total. The molecule has 0 spiro atoms. The highest BCUT2D eigenvalue weighted by Gasteiger charge is 2.15. The Morgan fingerprint density at radius 2 is 1.81 bits per heavy atom.